The van der Waals surface area contributed by atoms with Crippen LogP contribution < -0.4 is 10.6 Å². The Balaban J connectivity index is 2.89. The summed E-state index contributed by atoms with van der Waals surface area (Å²) in [5.41, 5.74) is 1.78. The summed E-state index contributed by atoms with van der Waals surface area (Å²) < 4.78 is 0. The molecule has 1 aromatic heterocycles. The monoisotopic (exact) mass is 386 g/mol. The van der Waals surface area contributed by atoms with E-state index < -0.39 is 0 Å². The highest BCUT2D eigenvalue weighted by atomic mass is 15.1. The molecule has 158 valence electrons. The molecule has 0 aromatic carbocycles. The highest BCUT2D eigenvalue weighted by Gasteiger charge is 2.14. The minimum Gasteiger partial charge on any atom is -0.370 e. The first-order chi connectivity index (χ1) is 13.6. The molecule has 1 rings (SSSR count). The van der Waals surface area contributed by atoms with E-state index in [2.05, 4.69) is 57.4 Å². The number of nitrogens with one attached hydrogen (secondary N) is 2. The molecule has 0 saturated carbocycles. The molecule has 0 aliphatic carbocycles. The average Bonchev–Trinajstić information content (AvgIpc) is 2.73. The van der Waals surface area contributed by atoms with Gasteiger partial charge in [-0.3, -0.25) is 0 Å². The first kappa shape index (κ1) is 24.3. The van der Waals surface area contributed by atoms with Gasteiger partial charge in [-0.15, -0.1) is 0 Å². The molecule has 0 fully saturated rings. The molecule has 2 N–H and O–H groups in total. The Hall–Kier alpha value is -1.76. The van der Waals surface area contributed by atoms with Crippen LogP contribution in [0, 0.1) is 23.2 Å². The molecule has 28 heavy (non-hydrogen) atoms. The van der Waals surface area contributed by atoms with Crippen LogP contribution in [0.15, 0.2) is 6.07 Å². The first-order valence-electron chi connectivity index (χ1n) is 11.5. The van der Waals surface area contributed by atoms with Gasteiger partial charge >= 0.3 is 0 Å². The van der Waals surface area contributed by atoms with E-state index in [1.165, 1.54) is 44.9 Å². The number of hydrogen-bond donors (Lipinski definition) is 2. The lowest BCUT2D eigenvalue weighted by Gasteiger charge is -2.19. The molecular formula is C24H42N4. The summed E-state index contributed by atoms with van der Waals surface area (Å²) in [7, 11) is 0. The number of nitriles is 1. The van der Waals surface area contributed by atoms with Crippen molar-refractivity contribution in [3.63, 3.8) is 0 Å². The van der Waals surface area contributed by atoms with Crippen molar-refractivity contribution >= 4 is 11.6 Å². The Morgan fingerprint density at radius 3 is 1.96 bits per heavy atom. The van der Waals surface area contributed by atoms with Gasteiger partial charge in [-0.25, -0.2) is 4.98 Å². The van der Waals surface area contributed by atoms with Gasteiger partial charge in [-0.2, -0.15) is 5.26 Å². The molecule has 0 radical (unpaired) electrons. The number of unbranched alkanes of at least 4 members (excludes halogenated alkanes) is 2. The number of nitrogens with zero attached hydrogens (tertiary/aromatic N) is 2. The highest BCUT2D eigenvalue weighted by Crippen LogP contribution is 2.24. The van der Waals surface area contributed by atoms with Gasteiger partial charge in [0.2, 0.25) is 0 Å². The van der Waals surface area contributed by atoms with Crippen molar-refractivity contribution in [2.24, 2.45) is 11.8 Å². The molecule has 4 nitrogen and oxygen atoms in total. The van der Waals surface area contributed by atoms with E-state index in [9.17, 15) is 5.26 Å². The predicted molar refractivity (Wildman–Crippen MR) is 122 cm³/mol. The SMILES string of the molecule is CCCCC(CC)CNc1cc(CC)c(C#N)c(NCC(CC)CCCC)n1. The molecule has 0 bridgehead atoms. The van der Waals surface area contributed by atoms with Crippen molar-refractivity contribution in [2.45, 2.75) is 92.4 Å². The van der Waals surface area contributed by atoms with E-state index in [-0.39, 0.29) is 0 Å². The van der Waals surface area contributed by atoms with Crippen LogP contribution in [0.1, 0.15) is 97.1 Å². The fraction of sp³-hybridized carbons (Fsp3) is 0.750. The Labute approximate surface area is 173 Å². The van der Waals surface area contributed by atoms with E-state index >= 15 is 0 Å². The van der Waals surface area contributed by atoms with Crippen molar-refractivity contribution in [1.82, 2.24) is 4.98 Å². The molecule has 0 amide bonds. The molecule has 2 atom stereocenters. The summed E-state index contributed by atoms with van der Waals surface area (Å²) >= 11 is 0. The molecule has 0 saturated heterocycles. The zero-order valence-corrected chi connectivity index (χ0v) is 18.9. The standard InChI is InChI=1S/C24H42N4/c1-6-11-13-19(8-3)17-26-23-15-21(10-5)22(16-25)24(28-23)27-18-20(9-4)14-12-7-2/h15,19-20H,6-14,17-18H2,1-5H3,(H2,26,27,28). The summed E-state index contributed by atoms with van der Waals surface area (Å²) in [5, 5.41) is 16.7. The van der Waals surface area contributed by atoms with Crippen molar-refractivity contribution < 1.29 is 0 Å². The molecular weight excluding hydrogens is 344 g/mol. The second-order valence-corrected chi connectivity index (χ2v) is 7.95. The zero-order chi connectivity index (χ0) is 20.8. The van der Waals surface area contributed by atoms with E-state index in [1.807, 2.05) is 0 Å². The van der Waals surface area contributed by atoms with Gasteiger partial charge < -0.3 is 10.6 Å². The van der Waals surface area contributed by atoms with Crippen LogP contribution in [-0.2, 0) is 6.42 Å². The van der Waals surface area contributed by atoms with Gasteiger partial charge in [0.1, 0.15) is 17.7 Å². The Morgan fingerprint density at radius 2 is 1.50 bits per heavy atom. The third-order valence-corrected chi connectivity index (χ3v) is 5.81. The smallest absolute Gasteiger partial charge is 0.146 e. The second-order valence-electron chi connectivity index (χ2n) is 7.95. The number of aromatic nitrogens is 1. The maximum absolute atomic E-state index is 9.69. The van der Waals surface area contributed by atoms with Gasteiger partial charge in [-0.05, 0) is 42.7 Å². The van der Waals surface area contributed by atoms with Gasteiger partial charge in [0.25, 0.3) is 0 Å². The fourth-order valence-corrected chi connectivity index (χ4v) is 3.60. The summed E-state index contributed by atoms with van der Waals surface area (Å²) in [6.45, 7) is 12.9. The van der Waals surface area contributed by atoms with Gasteiger partial charge in [0.05, 0.1) is 5.56 Å². The van der Waals surface area contributed by atoms with Crippen LogP contribution >= 0.6 is 0 Å². The van der Waals surface area contributed by atoms with Crippen LogP contribution in [-0.4, -0.2) is 18.1 Å². The third-order valence-electron chi connectivity index (χ3n) is 5.81. The number of pyridine rings is 1. The van der Waals surface area contributed by atoms with Crippen molar-refractivity contribution in [1.29, 1.82) is 5.26 Å². The molecule has 0 spiro atoms. The predicted octanol–water partition coefficient (Wildman–Crippen LogP) is 6.77. The lowest BCUT2D eigenvalue weighted by molar-refractivity contribution is 0.471. The molecule has 1 aromatic rings. The highest BCUT2D eigenvalue weighted by molar-refractivity contribution is 5.61. The zero-order valence-electron chi connectivity index (χ0n) is 18.9. The summed E-state index contributed by atoms with van der Waals surface area (Å²) in [6.07, 6.45) is 10.7. The van der Waals surface area contributed by atoms with Gasteiger partial charge in [0, 0.05) is 13.1 Å². The van der Waals surface area contributed by atoms with E-state index in [0.29, 0.717) is 17.4 Å². The Kier molecular flexibility index (Phi) is 12.4. The molecule has 4 heteroatoms. The van der Waals surface area contributed by atoms with Crippen molar-refractivity contribution in [2.75, 3.05) is 23.7 Å². The second kappa shape index (κ2) is 14.3. The minimum absolute atomic E-state index is 0.633. The quantitative estimate of drug-likeness (QED) is 0.349. The Morgan fingerprint density at radius 1 is 0.929 bits per heavy atom. The maximum Gasteiger partial charge on any atom is 0.146 e. The molecule has 0 aliphatic heterocycles. The average molecular weight is 387 g/mol. The largest absolute Gasteiger partial charge is 0.370 e. The lowest BCUT2D eigenvalue weighted by Crippen LogP contribution is -2.18. The summed E-state index contributed by atoms with van der Waals surface area (Å²) in [6, 6.07) is 4.44. The van der Waals surface area contributed by atoms with Crippen LogP contribution in [0.2, 0.25) is 0 Å². The normalized spacial score (nSPS) is 13.0. The molecule has 1 heterocycles. The van der Waals surface area contributed by atoms with Crippen LogP contribution in [0.5, 0.6) is 0 Å². The first-order valence-corrected chi connectivity index (χ1v) is 11.5. The lowest BCUT2D eigenvalue weighted by atomic mass is 9.99. The number of rotatable bonds is 15. The topological polar surface area (TPSA) is 60.7 Å². The van der Waals surface area contributed by atoms with Crippen molar-refractivity contribution in [3.05, 3.63) is 17.2 Å². The number of aryl methyl sites for hydroxylation is 1. The maximum atomic E-state index is 9.69. The van der Waals surface area contributed by atoms with Crippen LogP contribution in [0.25, 0.3) is 0 Å². The third kappa shape index (κ3) is 8.09. The molecule has 0 aliphatic rings. The minimum atomic E-state index is 0.633. The summed E-state index contributed by atoms with van der Waals surface area (Å²) in [4.78, 5) is 4.78. The number of hydrogen-bond acceptors (Lipinski definition) is 4. The molecule has 2 unspecified atom stereocenters. The van der Waals surface area contributed by atoms with Gasteiger partial charge in [-0.1, -0.05) is 73.1 Å². The van der Waals surface area contributed by atoms with E-state index in [1.54, 1.807) is 0 Å². The van der Waals surface area contributed by atoms with Crippen molar-refractivity contribution in [3.8, 4) is 6.07 Å². The summed E-state index contributed by atoms with van der Waals surface area (Å²) in [5.74, 6) is 2.96. The van der Waals surface area contributed by atoms with Crippen LogP contribution in [0.4, 0.5) is 11.6 Å². The number of anilines is 2. The van der Waals surface area contributed by atoms with E-state index in [4.69, 9.17) is 4.98 Å². The van der Waals surface area contributed by atoms with E-state index in [0.717, 1.165) is 43.1 Å². The Bertz CT molecular complexity index is 591. The fourth-order valence-electron chi connectivity index (χ4n) is 3.60. The van der Waals surface area contributed by atoms with Crippen LogP contribution in [0.3, 0.4) is 0 Å². The van der Waals surface area contributed by atoms with Gasteiger partial charge in [0.15, 0.2) is 0 Å².